The van der Waals surface area contributed by atoms with E-state index in [0.29, 0.717) is 16.7 Å². The third-order valence-corrected chi connectivity index (χ3v) is 3.94. The fourth-order valence-corrected chi connectivity index (χ4v) is 2.87. The number of methoxy groups -OCH3 is 1. The van der Waals surface area contributed by atoms with E-state index in [1.54, 1.807) is 7.11 Å². The molecular weight excluding hydrogens is 160 g/mol. The molecule has 0 aliphatic heterocycles. The SMILES string of the molecule is COCC1(C)C(CCl)C1(C)C. The van der Waals surface area contributed by atoms with Gasteiger partial charge in [-0.1, -0.05) is 20.8 Å². The quantitative estimate of drug-likeness (QED) is 0.601. The van der Waals surface area contributed by atoms with Crippen LogP contribution in [0.3, 0.4) is 0 Å². The summed E-state index contributed by atoms with van der Waals surface area (Å²) in [6, 6.07) is 0. The van der Waals surface area contributed by atoms with Gasteiger partial charge in [0.15, 0.2) is 0 Å². The smallest absolute Gasteiger partial charge is 0.0524 e. The van der Waals surface area contributed by atoms with E-state index in [2.05, 4.69) is 20.8 Å². The minimum Gasteiger partial charge on any atom is -0.384 e. The largest absolute Gasteiger partial charge is 0.384 e. The molecule has 0 bridgehead atoms. The minimum absolute atomic E-state index is 0.309. The van der Waals surface area contributed by atoms with Gasteiger partial charge in [0.05, 0.1) is 6.61 Å². The number of alkyl halides is 1. The van der Waals surface area contributed by atoms with Gasteiger partial charge >= 0.3 is 0 Å². The Kier molecular flexibility index (Phi) is 2.24. The van der Waals surface area contributed by atoms with Crippen LogP contribution < -0.4 is 0 Å². The summed E-state index contributed by atoms with van der Waals surface area (Å²) in [5.74, 6) is 1.38. The summed E-state index contributed by atoms with van der Waals surface area (Å²) in [5.41, 5.74) is 0.675. The van der Waals surface area contributed by atoms with Crippen LogP contribution in [0.1, 0.15) is 20.8 Å². The number of ether oxygens (including phenoxy) is 1. The molecule has 1 nitrogen and oxygen atoms in total. The second-order valence-corrected chi connectivity index (χ2v) is 4.59. The second kappa shape index (κ2) is 2.63. The molecule has 1 rings (SSSR count). The minimum atomic E-state index is 0.309. The Hall–Kier alpha value is 0.250. The summed E-state index contributed by atoms with van der Waals surface area (Å²) < 4.78 is 5.18. The lowest BCUT2D eigenvalue weighted by Crippen LogP contribution is -2.11. The van der Waals surface area contributed by atoms with Crippen molar-refractivity contribution in [1.29, 1.82) is 0 Å². The Bertz CT molecular complexity index is 156. The van der Waals surface area contributed by atoms with Crippen molar-refractivity contribution in [3.63, 3.8) is 0 Å². The maximum absolute atomic E-state index is 5.85. The van der Waals surface area contributed by atoms with E-state index in [9.17, 15) is 0 Å². The summed E-state index contributed by atoms with van der Waals surface area (Å²) >= 11 is 5.85. The first-order valence-corrected chi connectivity index (χ1v) is 4.59. The lowest BCUT2D eigenvalue weighted by atomic mass is 10.00. The Labute approximate surface area is 74.1 Å². The van der Waals surface area contributed by atoms with Crippen LogP contribution in [0.5, 0.6) is 0 Å². The van der Waals surface area contributed by atoms with Gasteiger partial charge in [0.25, 0.3) is 0 Å². The lowest BCUT2D eigenvalue weighted by Gasteiger charge is -2.12. The van der Waals surface area contributed by atoms with E-state index < -0.39 is 0 Å². The van der Waals surface area contributed by atoms with E-state index in [-0.39, 0.29) is 0 Å². The van der Waals surface area contributed by atoms with Crippen LogP contribution in [0.4, 0.5) is 0 Å². The van der Waals surface area contributed by atoms with Gasteiger partial charge in [-0.05, 0) is 11.3 Å². The summed E-state index contributed by atoms with van der Waals surface area (Å²) in [4.78, 5) is 0. The van der Waals surface area contributed by atoms with Crippen molar-refractivity contribution in [3.05, 3.63) is 0 Å². The van der Waals surface area contributed by atoms with Crippen molar-refractivity contribution in [2.45, 2.75) is 20.8 Å². The highest BCUT2D eigenvalue weighted by Gasteiger charge is 2.66. The maximum Gasteiger partial charge on any atom is 0.0524 e. The number of hydrogen-bond donors (Lipinski definition) is 0. The second-order valence-electron chi connectivity index (χ2n) is 4.28. The van der Waals surface area contributed by atoms with Gasteiger partial charge in [-0.25, -0.2) is 0 Å². The molecule has 0 heterocycles. The van der Waals surface area contributed by atoms with Crippen molar-refractivity contribution in [2.75, 3.05) is 19.6 Å². The molecule has 2 heteroatoms. The number of hydrogen-bond acceptors (Lipinski definition) is 1. The first-order chi connectivity index (χ1) is 5.00. The Morgan fingerprint density at radius 3 is 2.18 bits per heavy atom. The molecule has 2 atom stereocenters. The average Bonchev–Trinajstić information content (AvgIpc) is 2.28. The fraction of sp³-hybridized carbons (Fsp3) is 1.00. The Morgan fingerprint density at radius 2 is 1.91 bits per heavy atom. The van der Waals surface area contributed by atoms with Gasteiger partial charge < -0.3 is 4.74 Å². The van der Waals surface area contributed by atoms with Crippen LogP contribution in [0, 0.1) is 16.7 Å². The van der Waals surface area contributed by atoms with Crippen LogP contribution in [-0.4, -0.2) is 19.6 Å². The van der Waals surface area contributed by atoms with E-state index in [1.807, 2.05) is 0 Å². The Morgan fingerprint density at radius 1 is 1.36 bits per heavy atom. The molecule has 11 heavy (non-hydrogen) atoms. The van der Waals surface area contributed by atoms with Crippen molar-refractivity contribution in [2.24, 2.45) is 16.7 Å². The lowest BCUT2D eigenvalue weighted by molar-refractivity contribution is 0.128. The predicted molar refractivity (Wildman–Crippen MR) is 48.0 cm³/mol. The van der Waals surface area contributed by atoms with Crippen LogP contribution in [0.25, 0.3) is 0 Å². The molecule has 0 amide bonds. The maximum atomic E-state index is 5.85. The summed E-state index contributed by atoms with van der Waals surface area (Å²) in [5, 5.41) is 0. The van der Waals surface area contributed by atoms with Crippen molar-refractivity contribution in [1.82, 2.24) is 0 Å². The zero-order valence-corrected chi connectivity index (χ0v) is 8.53. The molecule has 0 spiro atoms. The molecule has 2 unspecified atom stereocenters. The molecule has 1 saturated carbocycles. The van der Waals surface area contributed by atoms with E-state index in [4.69, 9.17) is 16.3 Å². The highest BCUT2D eigenvalue weighted by Crippen LogP contribution is 2.68. The van der Waals surface area contributed by atoms with E-state index in [1.165, 1.54) is 0 Å². The number of halogens is 1. The first kappa shape index (κ1) is 9.34. The zero-order valence-electron chi connectivity index (χ0n) is 7.78. The molecule has 0 N–H and O–H groups in total. The molecular formula is C9H17ClO. The molecule has 1 aliphatic carbocycles. The summed E-state index contributed by atoms with van der Waals surface area (Å²) in [6.45, 7) is 7.61. The molecule has 1 aliphatic rings. The highest BCUT2D eigenvalue weighted by molar-refractivity contribution is 6.18. The van der Waals surface area contributed by atoms with Crippen molar-refractivity contribution in [3.8, 4) is 0 Å². The van der Waals surface area contributed by atoms with E-state index >= 15 is 0 Å². The summed E-state index contributed by atoms with van der Waals surface area (Å²) in [6.07, 6.45) is 0. The van der Waals surface area contributed by atoms with Gasteiger partial charge in [0.2, 0.25) is 0 Å². The number of rotatable bonds is 3. The van der Waals surface area contributed by atoms with Crippen molar-refractivity contribution < 1.29 is 4.74 Å². The van der Waals surface area contributed by atoms with Gasteiger partial charge in [0, 0.05) is 18.4 Å². The van der Waals surface area contributed by atoms with Gasteiger partial charge in [0.1, 0.15) is 0 Å². The third-order valence-electron chi connectivity index (χ3n) is 3.63. The predicted octanol–water partition coefficient (Wildman–Crippen LogP) is 2.53. The third kappa shape index (κ3) is 1.09. The first-order valence-electron chi connectivity index (χ1n) is 4.05. The highest BCUT2D eigenvalue weighted by atomic mass is 35.5. The standard InChI is InChI=1S/C9H17ClO/c1-8(2)7(5-10)9(8,3)6-11-4/h7H,5-6H2,1-4H3. The molecule has 66 valence electrons. The molecule has 1 fully saturated rings. The van der Waals surface area contributed by atoms with E-state index in [0.717, 1.165) is 12.5 Å². The topological polar surface area (TPSA) is 9.23 Å². The van der Waals surface area contributed by atoms with Gasteiger partial charge in [-0.3, -0.25) is 0 Å². The van der Waals surface area contributed by atoms with Crippen LogP contribution in [0.15, 0.2) is 0 Å². The van der Waals surface area contributed by atoms with Crippen molar-refractivity contribution >= 4 is 11.6 Å². The van der Waals surface area contributed by atoms with Gasteiger partial charge in [-0.15, -0.1) is 11.6 Å². The zero-order chi connectivity index (χ0) is 8.70. The summed E-state index contributed by atoms with van der Waals surface area (Å²) in [7, 11) is 1.75. The normalized spacial score (nSPS) is 40.6. The molecule has 0 aromatic carbocycles. The monoisotopic (exact) mass is 176 g/mol. The fourth-order valence-electron chi connectivity index (χ4n) is 2.15. The molecule has 0 aromatic rings. The average molecular weight is 177 g/mol. The van der Waals surface area contributed by atoms with Gasteiger partial charge in [-0.2, -0.15) is 0 Å². The van der Waals surface area contributed by atoms with Crippen LogP contribution in [0.2, 0.25) is 0 Å². The molecule has 0 radical (unpaired) electrons. The molecule has 0 aromatic heterocycles. The van der Waals surface area contributed by atoms with Crippen LogP contribution in [-0.2, 0) is 4.74 Å². The molecule has 0 saturated heterocycles. The van der Waals surface area contributed by atoms with Crippen LogP contribution >= 0.6 is 11.6 Å². The Balaban J connectivity index is 2.61.